The maximum absolute atomic E-state index is 12.1. The molecule has 1 aliphatic rings. The van der Waals surface area contributed by atoms with Crippen LogP contribution in [0.3, 0.4) is 0 Å². The number of fused-ring (bicyclic) bond motifs is 2. The number of amides is 2. The van der Waals surface area contributed by atoms with Crippen molar-refractivity contribution in [1.82, 2.24) is 25.1 Å². The number of anilines is 1. The van der Waals surface area contributed by atoms with E-state index in [1.165, 1.54) is 0 Å². The molecule has 33 heavy (non-hydrogen) atoms. The van der Waals surface area contributed by atoms with Gasteiger partial charge in [0.05, 0.1) is 17.6 Å². The predicted octanol–water partition coefficient (Wildman–Crippen LogP) is 3.62. The first-order chi connectivity index (χ1) is 16.1. The monoisotopic (exact) mass is 437 g/mol. The van der Waals surface area contributed by atoms with Crippen molar-refractivity contribution in [3.8, 4) is 22.5 Å². The second-order valence-electron chi connectivity index (χ2n) is 8.23. The summed E-state index contributed by atoms with van der Waals surface area (Å²) in [5, 5.41) is 11.9. The van der Waals surface area contributed by atoms with Crippen LogP contribution < -0.4 is 11.1 Å². The molecule has 2 amide bonds. The molecule has 9 nitrogen and oxygen atoms in total. The maximum atomic E-state index is 12.1. The van der Waals surface area contributed by atoms with Gasteiger partial charge >= 0.3 is 0 Å². The van der Waals surface area contributed by atoms with Crippen LogP contribution in [0.25, 0.3) is 44.5 Å². The fourth-order valence-electron chi connectivity index (χ4n) is 4.02. The minimum Gasteiger partial charge on any atom is -0.366 e. The first kappa shape index (κ1) is 19.2. The number of H-pyrrole nitrogens is 2. The molecule has 0 saturated heterocycles. The second kappa shape index (κ2) is 7.27. The Morgan fingerprint density at radius 3 is 2.70 bits per heavy atom. The highest BCUT2D eigenvalue weighted by Gasteiger charge is 2.29. The van der Waals surface area contributed by atoms with Gasteiger partial charge in [0.2, 0.25) is 11.8 Å². The minimum absolute atomic E-state index is 0.0359. The van der Waals surface area contributed by atoms with E-state index < -0.39 is 5.91 Å². The van der Waals surface area contributed by atoms with Gasteiger partial charge in [-0.3, -0.25) is 19.7 Å². The molecule has 1 saturated carbocycles. The number of hydrogen-bond donors (Lipinski definition) is 4. The van der Waals surface area contributed by atoms with Gasteiger partial charge in [-0.05, 0) is 43.2 Å². The summed E-state index contributed by atoms with van der Waals surface area (Å²) in [5.74, 6) is -0.330. The summed E-state index contributed by atoms with van der Waals surface area (Å²) < 4.78 is 0. The van der Waals surface area contributed by atoms with E-state index in [4.69, 9.17) is 5.73 Å². The number of pyridine rings is 2. The lowest BCUT2D eigenvalue weighted by Gasteiger charge is -2.07. The highest BCUT2D eigenvalue weighted by molar-refractivity contribution is 6.07. The summed E-state index contributed by atoms with van der Waals surface area (Å²) in [6.45, 7) is 0. The van der Waals surface area contributed by atoms with Gasteiger partial charge in [0, 0.05) is 51.3 Å². The second-order valence-corrected chi connectivity index (χ2v) is 8.23. The SMILES string of the molecule is NC(=O)c1cccc2[nH]c(-c3n[nH]c4ncc(-c5cncc(NC(=O)C6CC6)c5)cc34)cc12. The Hall–Kier alpha value is -4.53. The molecular formula is C24H19N7O2. The van der Waals surface area contributed by atoms with Gasteiger partial charge in [-0.25, -0.2) is 4.98 Å². The summed E-state index contributed by atoms with van der Waals surface area (Å²) >= 11 is 0. The van der Waals surface area contributed by atoms with Crippen molar-refractivity contribution in [2.75, 3.05) is 5.32 Å². The molecule has 0 atom stereocenters. The van der Waals surface area contributed by atoms with Gasteiger partial charge in [-0.1, -0.05) is 6.07 Å². The zero-order valence-corrected chi connectivity index (χ0v) is 17.4. The van der Waals surface area contributed by atoms with E-state index in [1.807, 2.05) is 24.3 Å². The van der Waals surface area contributed by atoms with Gasteiger partial charge in [0.25, 0.3) is 0 Å². The Kier molecular flexibility index (Phi) is 4.22. The molecule has 4 aromatic heterocycles. The molecule has 162 valence electrons. The van der Waals surface area contributed by atoms with Crippen molar-refractivity contribution in [3.63, 3.8) is 0 Å². The molecule has 1 aliphatic carbocycles. The number of hydrogen-bond acceptors (Lipinski definition) is 5. The molecule has 0 spiro atoms. The maximum Gasteiger partial charge on any atom is 0.249 e. The van der Waals surface area contributed by atoms with E-state index in [9.17, 15) is 9.59 Å². The molecular weight excluding hydrogens is 418 g/mol. The topological polar surface area (TPSA) is 142 Å². The van der Waals surface area contributed by atoms with Crippen LogP contribution in [0.4, 0.5) is 5.69 Å². The molecule has 5 N–H and O–H groups in total. The molecule has 6 rings (SSSR count). The summed E-state index contributed by atoms with van der Waals surface area (Å²) in [5.41, 5.74) is 11.2. The molecule has 0 bridgehead atoms. The zero-order chi connectivity index (χ0) is 22.5. The van der Waals surface area contributed by atoms with Crippen molar-refractivity contribution in [1.29, 1.82) is 0 Å². The molecule has 1 fully saturated rings. The number of carbonyl (C=O) groups excluding carboxylic acids is 2. The van der Waals surface area contributed by atoms with E-state index in [-0.39, 0.29) is 11.8 Å². The van der Waals surface area contributed by atoms with E-state index in [0.29, 0.717) is 22.6 Å². The number of benzene rings is 1. The van der Waals surface area contributed by atoms with E-state index >= 15 is 0 Å². The summed E-state index contributed by atoms with van der Waals surface area (Å²) in [6.07, 6.45) is 7.00. The van der Waals surface area contributed by atoms with Gasteiger partial charge in [0.15, 0.2) is 5.65 Å². The lowest BCUT2D eigenvalue weighted by atomic mass is 10.1. The standard InChI is InChI=1S/C24H19N7O2/c25-22(32)16-2-1-3-19-17(16)8-20(29-19)21-18-7-14(10-27-23(18)31-30-21)13-6-15(11-26-9-13)28-24(33)12-4-5-12/h1-3,6-12,29H,4-5H2,(H2,25,32)(H,28,33)(H,27,30,31). The van der Waals surface area contributed by atoms with Crippen LogP contribution in [0.15, 0.2) is 55.0 Å². The highest BCUT2D eigenvalue weighted by atomic mass is 16.2. The Balaban J connectivity index is 1.40. The first-order valence-electron chi connectivity index (χ1n) is 10.6. The van der Waals surface area contributed by atoms with Gasteiger partial charge in [-0.2, -0.15) is 5.10 Å². The van der Waals surface area contributed by atoms with Crippen molar-refractivity contribution in [3.05, 3.63) is 60.6 Å². The fourth-order valence-corrected chi connectivity index (χ4v) is 4.02. The quantitative estimate of drug-likeness (QED) is 0.332. The van der Waals surface area contributed by atoms with E-state index in [1.54, 1.807) is 30.7 Å². The zero-order valence-electron chi connectivity index (χ0n) is 17.4. The number of aromatic amines is 2. The number of primary amides is 1. The average molecular weight is 437 g/mol. The lowest BCUT2D eigenvalue weighted by Crippen LogP contribution is -2.13. The van der Waals surface area contributed by atoms with Gasteiger partial charge < -0.3 is 16.0 Å². The van der Waals surface area contributed by atoms with Gasteiger partial charge in [-0.15, -0.1) is 0 Å². The van der Waals surface area contributed by atoms with E-state index in [2.05, 4.69) is 30.5 Å². The van der Waals surface area contributed by atoms with Crippen LogP contribution in [0.1, 0.15) is 23.2 Å². The third kappa shape index (κ3) is 3.39. The average Bonchev–Trinajstić information content (AvgIpc) is 3.45. The predicted molar refractivity (Wildman–Crippen MR) is 124 cm³/mol. The summed E-state index contributed by atoms with van der Waals surface area (Å²) in [7, 11) is 0. The number of carbonyl (C=O) groups is 2. The van der Waals surface area contributed by atoms with Crippen molar-refractivity contribution >= 4 is 39.4 Å². The molecule has 4 heterocycles. The Morgan fingerprint density at radius 2 is 1.88 bits per heavy atom. The van der Waals surface area contributed by atoms with Crippen LogP contribution in [0.2, 0.25) is 0 Å². The summed E-state index contributed by atoms with van der Waals surface area (Å²) in [4.78, 5) is 36.0. The largest absolute Gasteiger partial charge is 0.366 e. The Labute approximate surface area is 187 Å². The Bertz CT molecular complexity index is 1560. The van der Waals surface area contributed by atoms with Crippen LogP contribution >= 0.6 is 0 Å². The van der Waals surface area contributed by atoms with E-state index in [0.717, 1.165) is 46.0 Å². The van der Waals surface area contributed by atoms with Crippen LogP contribution in [0.5, 0.6) is 0 Å². The fraction of sp³-hybridized carbons (Fsp3) is 0.125. The summed E-state index contributed by atoms with van der Waals surface area (Å²) in [6, 6.07) is 11.1. The molecule has 9 heteroatoms. The van der Waals surface area contributed by atoms with Crippen LogP contribution in [-0.4, -0.2) is 37.0 Å². The smallest absolute Gasteiger partial charge is 0.249 e. The van der Waals surface area contributed by atoms with Crippen LogP contribution in [0, 0.1) is 5.92 Å². The van der Waals surface area contributed by atoms with Crippen molar-refractivity contribution in [2.45, 2.75) is 12.8 Å². The lowest BCUT2D eigenvalue weighted by molar-refractivity contribution is -0.117. The normalized spacial score (nSPS) is 13.5. The van der Waals surface area contributed by atoms with Crippen molar-refractivity contribution in [2.24, 2.45) is 11.7 Å². The molecule has 0 radical (unpaired) electrons. The number of rotatable bonds is 5. The van der Waals surface area contributed by atoms with Crippen molar-refractivity contribution < 1.29 is 9.59 Å². The third-order valence-corrected chi connectivity index (χ3v) is 5.89. The number of nitrogens with zero attached hydrogens (tertiary/aromatic N) is 3. The Morgan fingerprint density at radius 1 is 1.03 bits per heavy atom. The number of nitrogens with two attached hydrogens (primary N) is 1. The number of aromatic nitrogens is 5. The van der Waals surface area contributed by atoms with Crippen LogP contribution in [-0.2, 0) is 4.79 Å². The third-order valence-electron chi connectivity index (χ3n) is 5.89. The highest BCUT2D eigenvalue weighted by Crippen LogP contribution is 2.33. The molecule has 1 aromatic carbocycles. The molecule has 5 aromatic rings. The van der Waals surface area contributed by atoms with Gasteiger partial charge in [0.1, 0.15) is 5.69 Å². The minimum atomic E-state index is -0.483. The number of nitrogens with one attached hydrogen (secondary N) is 3. The molecule has 0 aliphatic heterocycles. The molecule has 0 unspecified atom stereocenters. The first-order valence-corrected chi connectivity index (χ1v) is 10.6.